The second-order valence-corrected chi connectivity index (χ2v) is 6.82. The lowest BCUT2D eigenvalue weighted by atomic mass is 9.76. The minimum Gasteiger partial charge on any atom is -0.166 e. The maximum Gasteiger partial charge on any atom is 0.416 e. The molecule has 20 heavy (non-hydrogen) atoms. The summed E-state index contributed by atoms with van der Waals surface area (Å²) in [6.07, 6.45) is 0.323. The second kappa shape index (κ2) is 5.44. The van der Waals surface area contributed by atoms with Gasteiger partial charge >= 0.3 is 6.18 Å². The third kappa shape index (κ3) is 4.02. The third-order valence-corrected chi connectivity index (χ3v) is 3.86. The Bertz CT molecular complexity index is 497. The molecule has 0 heterocycles. The lowest BCUT2D eigenvalue weighted by Gasteiger charge is -2.32. The van der Waals surface area contributed by atoms with Gasteiger partial charge in [0.05, 0.1) is 10.9 Å². The molecule has 110 valence electrons. The SMILES string of the molecule is CC1(C)CC(Cc2ccc(C(F)(F)F)cc2)=CC(Cl)C1. The number of hydrogen-bond donors (Lipinski definition) is 0. The molecule has 1 aliphatic carbocycles. The molecule has 0 aromatic heterocycles. The molecule has 1 aromatic carbocycles. The van der Waals surface area contributed by atoms with Crippen molar-refractivity contribution in [1.82, 2.24) is 0 Å². The number of benzene rings is 1. The Hall–Kier alpha value is -0.960. The Labute approximate surface area is 122 Å². The molecule has 0 fully saturated rings. The van der Waals surface area contributed by atoms with Crippen LogP contribution in [0.2, 0.25) is 0 Å². The van der Waals surface area contributed by atoms with E-state index in [1.807, 2.05) is 6.08 Å². The van der Waals surface area contributed by atoms with Gasteiger partial charge < -0.3 is 0 Å². The summed E-state index contributed by atoms with van der Waals surface area (Å²) in [5.74, 6) is 0. The summed E-state index contributed by atoms with van der Waals surface area (Å²) >= 11 is 6.22. The normalized spacial score (nSPS) is 22.5. The van der Waals surface area contributed by atoms with Gasteiger partial charge in [-0.3, -0.25) is 0 Å². The first-order valence-corrected chi connectivity index (χ1v) is 7.09. The van der Waals surface area contributed by atoms with Crippen LogP contribution in [0.3, 0.4) is 0 Å². The first-order valence-electron chi connectivity index (χ1n) is 6.65. The Morgan fingerprint density at radius 1 is 1.20 bits per heavy atom. The van der Waals surface area contributed by atoms with Gasteiger partial charge in [0, 0.05) is 0 Å². The van der Waals surface area contributed by atoms with Crippen LogP contribution in [0.4, 0.5) is 13.2 Å². The number of halogens is 4. The number of hydrogen-bond acceptors (Lipinski definition) is 0. The van der Waals surface area contributed by atoms with E-state index >= 15 is 0 Å². The fraction of sp³-hybridized carbons (Fsp3) is 0.500. The van der Waals surface area contributed by atoms with Crippen LogP contribution in [-0.4, -0.2) is 5.38 Å². The summed E-state index contributed by atoms with van der Waals surface area (Å²) in [6.45, 7) is 4.34. The van der Waals surface area contributed by atoms with Crippen LogP contribution in [0, 0.1) is 5.41 Å². The average molecular weight is 303 g/mol. The highest BCUT2D eigenvalue weighted by Crippen LogP contribution is 2.38. The molecule has 1 aromatic rings. The minimum absolute atomic E-state index is 0.0169. The van der Waals surface area contributed by atoms with Gasteiger partial charge in [0.2, 0.25) is 0 Å². The molecule has 0 amide bonds. The zero-order valence-electron chi connectivity index (χ0n) is 11.6. The molecule has 1 atom stereocenters. The van der Waals surface area contributed by atoms with E-state index in [9.17, 15) is 13.2 Å². The minimum atomic E-state index is -4.27. The molecule has 0 N–H and O–H groups in total. The Balaban J connectivity index is 2.11. The van der Waals surface area contributed by atoms with Crippen molar-refractivity contribution in [3.63, 3.8) is 0 Å². The summed E-state index contributed by atoms with van der Waals surface area (Å²) in [7, 11) is 0. The smallest absolute Gasteiger partial charge is 0.166 e. The van der Waals surface area contributed by atoms with E-state index in [1.54, 1.807) is 12.1 Å². The predicted molar refractivity (Wildman–Crippen MR) is 75.9 cm³/mol. The summed E-state index contributed by atoms with van der Waals surface area (Å²) in [6, 6.07) is 5.38. The van der Waals surface area contributed by atoms with E-state index in [0.29, 0.717) is 6.42 Å². The molecule has 0 bridgehead atoms. The molecule has 0 nitrogen and oxygen atoms in total. The van der Waals surface area contributed by atoms with Gasteiger partial charge in [0.25, 0.3) is 0 Å². The standard InChI is InChI=1S/C16H18ClF3/c1-15(2)9-12(8-14(17)10-15)7-11-3-5-13(6-4-11)16(18,19)20/h3-6,8,14H,7,9-10H2,1-2H3. The van der Waals surface area contributed by atoms with Crippen LogP contribution in [0.1, 0.15) is 37.8 Å². The van der Waals surface area contributed by atoms with Crippen LogP contribution < -0.4 is 0 Å². The van der Waals surface area contributed by atoms with E-state index in [-0.39, 0.29) is 10.8 Å². The Morgan fingerprint density at radius 2 is 1.80 bits per heavy atom. The molecule has 0 saturated heterocycles. The zero-order chi connectivity index (χ0) is 15.0. The van der Waals surface area contributed by atoms with Crippen molar-refractivity contribution in [3.05, 3.63) is 47.0 Å². The highest BCUT2D eigenvalue weighted by atomic mass is 35.5. The van der Waals surface area contributed by atoms with Crippen LogP contribution >= 0.6 is 11.6 Å². The quantitative estimate of drug-likeness (QED) is 0.492. The van der Waals surface area contributed by atoms with Gasteiger partial charge in [0.1, 0.15) is 0 Å². The van der Waals surface area contributed by atoms with Crippen LogP contribution in [0.5, 0.6) is 0 Å². The maximum atomic E-state index is 12.5. The average Bonchev–Trinajstić information content (AvgIpc) is 2.25. The van der Waals surface area contributed by atoms with Gasteiger partial charge in [-0.25, -0.2) is 0 Å². The zero-order valence-corrected chi connectivity index (χ0v) is 12.4. The molecular weight excluding hydrogens is 285 g/mol. The van der Waals surface area contributed by atoms with E-state index in [4.69, 9.17) is 11.6 Å². The fourth-order valence-corrected chi connectivity index (χ4v) is 3.38. The van der Waals surface area contributed by atoms with Crippen LogP contribution in [0.25, 0.3) is 0 Å². The van der Waals surface area contributed by atoms with Crippen LogP contribution in [0.15, 0.2) is 35.9 Å². The molecule has 0 saturated carbocycles. The lowest BCUT2D eigenvalue weighted by molar-refractivity contribution is -0.137. The van der Waals surface area contributed by atoms with Crippen molar-refractivity contribution in [2.75, 3.05) is 0 Å². The first-order chi connectivity index (χ1) is 9.16. The van der Waals surface area contributed by atoms with Gasteiger partial charge in [-0.1, -0.05) is 37.6 Å². The molecular formula is C16H18ClF3. The number of alkyl halides is 4. The van der Waals surface area contributed by atoms with Gasteiger partial charge in [-0.2, -0.15) is 13.2 Å². The van der Waals surface area contributed by atoms with Gasteiger partial charge in [0.15, 0.2) is 0 Å². The van der Waals surface area contributed by atoms with Crippen LogP contribution in [-0.2, 0) is 12.6 Å². The maximum absolute atomic E-state index is 12.5. The van der Waals surface area contributed by atoms with Crippen molar-refractivity contribution in [2.45, 2.75) is 44.7 Å². The third-order valence-electron chi connectivity index (χ3n) is 3.58. The first kappa shape index (κ1) is 15.4. The van der Waals surface area contributed by atoms with Crippen molar-refractivity contribution in [1.29, 1.82) is 0 Å². The highest BCUT2D eigenvalue weighted by Gasteiger charge is 2.30. The Morgan fingerprint density at radius 3 is 2.30 bits per heavy atom. The fourth-order valence-electron chi connectivity index (χ4n) is 2.78. The Kier molecular flexibility index (Phi) is 4.19. The second-order valence-electron chi connectivity index (χ2n) is 6.26. The monoisotopic (exact) mass is 302 g/mol. The van der Waals surface area contributed by atoms with Crippen molar-refractivity contribution in [2.24, 2.45) is 5.41 Å². The highest BCUT2D eigenvalue weighted by molar-refractivity contribution is 6.21. The molecule has 2 rings (SSSR count). The largest absolute Gasteiger partial charge is 0.416 e. The van der Waals surface area contributed by atoms with E-state index in [0.717, 1.165) is 30.5 Å². The van der Waals surface area contributed by atoms with E-state index in [1.165, 1.54) is 5.57 Å². The summed E-state index contributed by atoms with van der Waals surface area (Å²) in [4.78, 5) is 0. The summed E-state index contributed by atoms with van der Waals surface area (Å²) in [5, 5.41) is 0.0169. The number of rotatable bonds is 2. The lowest BCUT2D eigenvalue weighted by Crippen LogP contribution is -2.22. The molecule has 4 heteroatoms. The molecule has 1 unspecified atom stereocenters. The van der Waals surface area contributed by atoms with Crippen molar-refractivity contribution >= 4 is 11.6 Å². The predicted octanol–water partition coefficient (Wildman–Crippen LogP) is 5.60. The van der Waals surface area contributed by atoms with E-state index < -0.39 is 11.7 Å². The van der Waals surface area contributed by atoms with Crippen molar-refractivity contribution < 1.29 is 13.2 Å². The summed E-state index contributed by atoms with van der Waals surface area (Å²) < 4.78 is 37.5. The van der Waals surface area contributed by atoms with Gasteiger partial charge in [-0.15, -0.1) is 11.6 Å². The molecule has 1 aliphatic rings. The van der Waals surface area contributed by atoms with E-state index in [2.05, 4.69) is 13.8 Å². The van der Waals surface area contributed by atoms with Gasteiger partial charge in [-0.05, 0) is 42.4 Å². The number of allylic oxidation sites excluding steroid dienone is 2. The van der Waals surface area contributed by atoms with Crippen molar-refractivity contribution in [3.8, 4) is 0 Å². The molecule has 0 spiro atoms. The molecule has 0 radical (unpaired) electrons. The summed E-state index contributed by atoms with van der Waals surface area (Å²) in [5.41, 5.74) is 1.66. The topological polar surface area (TPSA) is 0 Å². The molecule has 0 aliphatic heterocycles.